The van der Waals surface area contributed by atoms with Crippen LogP contribution in [0.2, 0.25) is 0 Å². The Morgan fingerprint density at radius 1 is 1.36 bits per heavy atom. The minimum Gasteiger partial charge on any atom is -0.376 e. The Hall–Kier alpha value is -2.94. The summed E-state index contributed by atoms with van der Waals surface area (Å²) in [6.45, 7) is 5.17. The molecular formula is C22H23FN6O2S2. The number of carbonyl (C=O) groups excluding carboxylic acids is 1. The fourth-order valence-electron chi connectivity index (χ4n) is 3.62. The van der Waals surface area contributed by atoms with Gasteiger partial charge in [-0.25, -0.2) is 4.39 Å². The summed E-state index contributed by atoms with van der Waals surface area (Å²) >= 11 is 2.66. The van der Waals surface area contributed by atoms with Crippen molar-refractivity contribution in [1.82, 2.24) is 14.8 Å². The third-order valence-electron chi connectivity index (χ3n) is 5.41. The van der Waals surface area contributed by atoms with Gasteiger partial charge in [-0.2, -0.15) is 5.26 Å². The van der Waals surface area contributed by atoms with Gasteiger partial charge in [0.25, 0.3) is 0 Å². The Morgan fingerprint density at radius 2 is 2.15 bits per heavy atom. The summed E-state index contributed by atoms with van der Waals surface area (Å²) in [5.74, 6) is -0.149. The molecule has 1 saturated heterocycles. The second-order valence-corrected chi connectivity index (χ2v) is 9.78. The van der Waals surface area contributed by atoms with Crippen molar-refractivity contribution >= 4 is 40.0 Å². The maximum Gasteiger partial charge on any atom is 0.235 e. The zero-order valence-electron chi connectivity index (χ0n) is 18.2. The average molecular weight is 487 g/mol. The molecule has 33 heavy (non-hydrogen) atoms. The summed E-state index contributed by atoms with van der Waals surface area (Å²) in [6.07, 6.45) is 2.32. The molecule has 1 aromatic carbocycles. The fraction of sp³-hybridized carbons (Fsp3) is 0.364. The van der Waals surface area contributed by atoms with Gasteiger partial charge < -0.3 is 15.4 Å². The van der Waals surface area contributed by atoms with Crippen molar-refractivity contribution in [2.45, 2.75) is 37.1 Å². The zero-order chi connectivity index (χ0) is 23.4. The van der Waals surface area contributed by atoms with Gasteiger partial charge in [-0.15, -0.1) is 10.2 Å². The number of anilines is 2. The van der Waals surface area contributed by atoms with Gasteiger partial charge in [-0.3, -0.25) is 9.36 Å². The van der Waals surface area contributed by atoms with Crippen molar-refractivity contribution in [3.8, 4) is 11.8 Å². The van der Waals surface area contributed by atoms with Crippen LogP contribution in [0.4, 0.5) is 15.3 Å². The average Bonchev–Trinajstić information content (AvgIpc) is 3.53. The van der Waals surface area contributed by atoms with Gasteiger partial charge in [-0.1, -0.05) is 23.1 Å². The van der Waals surface area contributed by atoms with Crippen molar-refractivity contribution < 1.29 is 13.9 Å². The van der Waals surface area contributed by atoms with E-state index in [0.29, 0.717) is 33.1 Å². The van der Waals surface area contributed by atoms with Crippen LogP contribution in [0.5, 0.6) is 0 Å². The molecule has 1 aliphatic heterocycles. The monoisotopic (exact) mass is 486 g/mol. The van der Waals surface area contributed by atoms with Gasteiger partial charge >= 0.3 is 0 Å². The number of hydrogen-bond acceptors (Lipinski definition) is 8. The molecule has 1 fully saturated rings. The van der Waals surface area contributed by atoms with Crippen LogP contribution in [0.25, 0.3) is 5.69 Å². The number of nitrogens with zero attached hydrogens (tertiary/aromatic N) is 4. The van der Waals surface area contributed by atoms with Crippen LogP contribution in [-0.4, -0.2) is 45.7 Å². The number of rotatable bonds is 8. The maximum absolute atomic E-state index is 13.4. The first-order chi connectivity index (χ1) is 16.0. The van der Waals surface area contributed by atoms with E-state index >= 15 is 0 Å². The molecule has 0 bridgehead atoms. The summed E-state index contributed by atoms with van der Waals surface area (Å²) in [6, 6.07) is 8.08. The minimum atomic E-state index is -0.357. The van der Waals surface area contributed by atoms with Gasteiger partial charge in [0.1, 0.15) is 17.7 Å². The first-order valence-corrected chi connectivity index (χ1v) is 12.3. The van der Waals surface area contributed by atoms with Crippen molar-refractivity contribution in [2.75, 3.05) is 29.5 Å². The van der Waals surface area contributed by atoms with E-state index in [1.807, 2.05) is 13.8 Å². The van der Waals surface area contributed by atoms with E-state index in [4.69, 9.17) is 4.74 Å². The normalized spacial score (nSPS) is 15.4. The molecule has 0 radical (unpaired) electrons. The van der Waals surface area contributed by atoms with E-state index in [-0.39, 0.29) is 23.6 Å². The van der Waals surface area contributed by atoms with Crippen LogP contribution in [0.15, 0.2) is 28.6 Å². The van der Waals surface area contributed by atoms with Crippen LogP contribution in [0.3, 0.4) is 0 Å². The van der Waals surface area contributed by atoms with E-state index in [2.05, 4.69) is 26.9 Å². The predicted molar refractivity (Wildman–Crippen MR) is 127 cm³/mol. The lowest BCUT2D eigenvalue weighted by molar-refractivity contribution is -0.113. The van der Waals surface area contributed by atoms with Crippen molar-refractivity contribution in [3.63, 3.8) is 0 Å². The number of nitrogens with one attached hydrogen (secondary N) is 2. The van der Waals surface area contributed by atoms with Crippen LogP contribution >= 0.6 is 23.1 Å². The first-order valence-electron chi connectivity index (χ1n) is 10.5. The highest BCUT2D eigenvalue weighted by atomic mass is 32.2. The topological polar surface area (TPSA) is 105 Å². The van der Waals surface area contributed by atoms with Crippen molar-refractivity contribution in [1.29, 1.82) is 5.26 Å². The summed E-state index contributed by atoms with van der Waals surface area (Å²) < 4.78 is 21.4. The quantitative estimate of drug-likeness (QED) is 0.458. The minimum absolute atomic E-state index is 0.109. The second-order valence-electron chi connectivity index (χ2n) is 7.58. The lowest BCUT2D eigenvalue weighted by Gasteiger charge is -2.13. The molecule has 11 heteroatoms. The highest BCUT2D eigenvalue weighted by Crippen LogP contribution is 2.31. The van der Waals surface area contributed by atoms with Crippen molar-refractivity contribution in [2.24, 2.45) is 0 Å². The van der Waals surface area contributed by atoms with Gasteiger partial charge in [0, 0.05) is 24.5 Å². The smallest absolute Gasteiger partial charge is 0.235 e. The number of halogens is 1. The number of benzene rings is 1. The molecule has 0 spiro atoms. The SMILES string of the molecule is Cc1c(C#N)c(NC(=O)CSc2nnc(NCC3CCCO3)s2)n(-c2ccc(F)cc2)c1C. The molecule has 0 aliphatic carbocycles. The Morgan fingerprint density at radius 3 is 2.85 bits per heavy atom. The molecule has 0 saturated carbocycles. The Kier molecular flexibility index (Phi) is 7.27. The van der Waals surface area contributed by atoms with Crippen LogP contribution in [-0.2, 0) is 9.53 Å². The molecule has 1 unspecified atom stereocenters. The molecule has 1 amide bonds. The molecule has 2 N–H and O–H groups in total. The Bertz CT molecular complexity index is 1180. The number of thioether (sulfide) groups is 1. The van der Waals surface area contributed by atoms with Gasteiger partial charge in [0.05, 0.1) is 17.4 Å². The highest BCUT2D eigenvalue weighted by molar-refractivity contribution is 8.01. The van der Waals surface area contributed by atoms with Crippen LogP contribution in [0.1, 0.15) is 29.7 Å². The summed E-state index contributed by atoms with van der Waals surface area (Å²) in [5.41, 5.74) is 2.60. The summed E-state index contributed by atoms with van der Waals surface area (Å²) in [5, 5.41) is 24.7. The van der Waals surface area contributed by atoms with E-state index in [9.17, 15) is 14.4 Å². The third-order valence-corrected chi connectivity index (χ3v) is 7.42. The largest absolute Gasteiger partial charge is 0.376 e. The molecule has 1 atom stereocenters. The van der Waals surface area contributed by atoms with Crippen LogP contribution < -0.4 is 10.6 Å². The Labute approximate surface area is 199 Å². The van der Waals surface area contributed by atoms with E-state index < -0.39 is 0 Å². The molecular weight excluding hydrogens is 463 g/mol. The second kappa shape index (κ2) is 10.3. The number of carbonyl (C=O) groups is 1. The molecule has 2 aromatic heterocycles. The number of nitriles is 1. The standard InChI is InChI=1S/C22H23FN6O2S2/c1-13-14(2)29(16-7-5-15(23)6-8-16)20(18(13)10-24)26-19(30)12-32-22-28-27-21(33-22)25-11-17-4-3-9-31-17/h5-8,17H,3-4,9,11-12H2,1-2H3,(H,25,27)(H,26,30). The van der Waals surface area contributed by atoms with Gasteiger partial charge in [-0.05, 0) is 56.5 Å². The molecule has 1 aliphatic rings. The fourth-order valence-corrected chi connectivity index (χ4v) is 5.17. The van der Waals surface area contributed by atoms with E-state index in [1.165, 1.54) is 35.2 Å². The lowest BCUT2D eigenvalue weighted by Crippen LogP contribution is -2.18. The van der Waals surface area contributed by atoms with Crippen molar-refractivity contribution in [3.05, 3.63) is 46.9 Å². The lowest BCUT2D eigenvalue weighted by atomic mass is 10.2. The number of aromatic nitrogens is 3. The maximum atomic E-state index is 13.4. The van der Waals surface area contributed by atoms with Gasteiger partial charge in [0.2, 0.25) is 11.0 Å². The zero-order valence-corrected chi connectivity index (χ0v) is 19.9. The molecule has 3 aromatic rings. The number of amides is 1. The van der Waals surface area contributed by atoms with Gasteiger partial charge in [0.15, 0.2) is 4.34 Å². The highest BCUT2D eigenvalue weighted by Gasteiger charge is 2.21. The van der Waals surface area contributed by atoms with Crippen LogP contribution in [0, 0.1) is 31.0 Å². The summed E-state index contributed by atoms with van der Waals surface area (Å²) in [4.78, 5) is 12.7. The predicted octanol–water partition coefficient (Wildman–Crippen LogP) is 4.28. The van der Waals surface area contributed by atoms with E-state index in [0.717, 1.165) is 30.7 Å². The Balaban J connectivity index is 1.42. The van der Waals surface area contributed by atoms with E-state index in [1.54, 1.807) is 16.7 Å². The molecule has 4 rings (SSSR count). The molecule has 172 valence electrons. The first kappa shape index (κ1) is 23.2. The molecule has 3 heterocycles. The molecule has 8 nitrogen and oxygen atoms in total. The number of hydrogen-bond donors (Lipinski definition) is 2. The third kappa shape index (κ3) is 5.35. The summed E-state index contributed by atoms with van der Waals surface area (Å²) in [7, 11) is 0. The number of ether oxygens (including phenoxy) is 1.